The Kier molecular flexibility index (Phi) is 4.95. The Morgan fingerprint density at radius 2 is 1.90 bits per heavy atom. The summed E-state index contributed by atoms with van der Waals surface area (Å²) in [5.41, 5.74) is -0.413. The number of alkyl carbamates (subject to hydrolysis) is 1. The van der Waals surface area contributed by atoms with Gasteiger partial charge in [-0.1, -0.05) is 19.8 Å². The molecule has 2 rings (SSSR count). The van der Waals surface area contributed by atoms with Crippen molar-refractivity contribution in [3.05, 3.63) is 0 Å². The summed E-state index contributed by atoms with van der Waals surface area (Å²) in [5.74, 6) is 0.855. The molecule has 116 valence electrons. The molecule has 0 heterocycles. The average Bonchev–Trinajstić information content (AvgIpc) is 2.70. The minimum atomic E-state index is -0.413. The van der Waals surface area contributed by atoms with Crippen molar-refractivity contribution in [3.63, 3.8) is 0 Å². The van der Waals surface area contributed by atoms with Gasteiger partial charge in [-0.3, -0.25) is 0 Å². The average molecular weight is 282 g/mol. The minimum absolute atomic E-state index is 0.281. The van der Waals surface area contributed by atoms with E-state index in [9.17, 15) is 4.79 Å². The van der Waals surface area contributed by atoms with Gasteiger partial charge in [0.15, 0.2) is 0 Å². The normalized spacial score (nSPS) is 33.6. The molecule has 0 aromatic rings. The van der Waals surface area contributed by atoms with Crippen LogP contribution in [0.5, 0.6) is 0 Å². The molecule has 0 radical (unpaired) electrons. The van der Waals surface area contributed by atoms with Gasteiger partial charge < -0.3 is 15.4 Å². The largest absolute Gasteiger partial charge is 0.444 e. The highest BCUT2D eigenvalue weighted by Crippen LogP contribution is 2.31. The Labute approximate surface area is 123 Å². The number of hydrogen-bond acceptors (Lipinski definition) is 3. The molecule has 2 saturated carbocycles. The highest BCUT2D eigenvalue weighted by molar-refractivity contribution is 5.68. The molecular formula is C16H30N2O2. The first-order valence-corrected chi connectivity index (χ1v) is 8.13. The third kappa shape index (κ3) is 4.37. The van der Waals surface area contributed by atoms with E-state index in [1.165, 1.54) is 25.7 Å². The van der Waals surface area contributed by atoms with E-state index in [1.807, 2.05) is 20.8 Å². The van der Waals surface area contributed by atoms with Crippen LogP contribution >= 0.6 is 0 Å². The molecule has 2 aliphatic carbocycles. The number of nitrogens with one attached hydrogen (secondary N) is 2. The smallest absolute Gasteiger partial charge is 0.407 e. The molecule has 0 saturated heterocycles. The van der Waals surface area contributed by atoms with Crippen molar-refractivity contribution in [2.24, 2.45) is 5.92 Å². The lowest BCUT2D eigenvalue weighted by Crippen LogP contribution is -2.55. The number of carbonyl (C=O) groups excluding carboxylic acids is 1. The van der Waals surface area contributed by atoms with E-state index in [-0.39, 0.29) is 12.1 Å². The van der Waals surface area contributed by atoms with Crippen LogP contribution in [-0.4, -0.2) is 29.8 Å². The van der Waals surface area contributed by atoms with Gasteiger partial charge in [0.2, 0.25) is 0 Å². The maximum absolute atomic E-state index is 11.7. The van der Waals surface area contributed by atoms with Crippen LogP contribution in [0.2, 0.25) is 0 Å². The Bertz CT molecular complexity index is 332. The van der Waals surface area contributed by atoms with E-state index < -0.39 is 5.60 Å². The number of carbonyl (C=O) groups is 1. The summed E-state index contributed by atoms with van der Waals surface area (Å²) in [7, 11) is 0. The lowest BCUT2D eigenvalue weighted by Gasteiger charge is -2.39. The van der Waals surface area contributed by atoms with Crippen LogP contribution in [0.4, 0.5) is 4.79 Å². The van der Waals surface area contributed by atoms with Gasteiger partial charge in [0.25, 0.3) is 0 Å². The number of amides is 1. The summed E-state index contributed by atoms with van der Waals surface area (Å²) in [6.07, 6.45) is 7.12. The highest BCUT2D eigenvalue weighted by atomic mass is 16.6. The fourth-order valence-electron chi connectivity index (χ4n) is 3.39. The van der Waals surface area contributed by atoms with Gasteiger partial charge in [-0.05, 0) is 52.4 Å². The van der Waals surface area contributed by atoms with Gasteiger partial charge >= 0.3 is 6.09 Å². The van der Waals surface area contributed by atoms with Crippen molar-refractivity contribution in [3.8, 4) is 0 Å². The van der Waals surface area contributed by atoms with E-state index in [0.29, 0.717) is 12.1 Å². The van der Waals surface area contributed by atoms with Crippen molar-refractivity contribution in [1.82, 2.24) is 10.6 Å². The third-order valence-corrected chi connectivity index (χ3v) is 4.49. The number of hydrogen-bond donors (Lipinski definition) is 2. The Balaban J connectivity index is 1.64. The lowest BCUT2D eigenvalue weighted by molar-refractivity contribution is 0.0461. The van der Waals surface area contributed by atoms with E-state index >= 15 is 0 Å². The monoisotopic (exact) mass is 282 g/mol. The lowest BCUT2D eigenvalue weighted by atomic mass is 9.85. The quantitative estimate of drug-likeness (QED) is 0.832. The second-order valence-electron chi connectivity index (χ2n) is 7.38. The summed E-state index contributed by atoms with van der Waals surface area (Å²) >= 11 is 0. The molecule has 2 atom stereocenters. The van der Waals surface area contributed by atoms with E-state index in [1.54, 1.807) is 0 Å². The van der Waals surface area contributed by atoms with Crippen molar-refractivity contribution < 1.29 is 9.53 Å². The first kappa shape index (κ1) is 15.6. The van der Waals surface area contributed by atoms with Gasteiger partial charge in [-0.15, -0.1) is 0 Å². The maximum atomic E-state index is 11.7. The van der Waals surface area contributed by atoms with Crippen molar-refractivity contribution in [1.29, 1.82) is 0 Å². The van der Waals surface area contributed by atoms with Gasteiger partial charge in [-0.2, -0.15) is 0 Å². The molecule has 4 nitrogen and oxygen atoms in total. The standard InChI is InChI=1S/C16H30N2O2/c1-5-11-7-6-8-14(11)17-12-9-13(10-12)18-15(19)20-16(2,3)4/h11-14,17H,5-10H2,1-4H3,(H,18,19). The van der Waals surface area contributed by atoms with Gasteiger partial charge in [0.1, 0.15) is 5.60 Å². The Hall–Kier alpha value is -0.770. The van der Waals surface area contributed by atoms with Gasteiger partial charge in [-0.25, -0.2) is 4.79 Å². The molecule has 0 aromatic heterocycles. The summed E-state index contributed by atoms with van der Waals surface area (Å²) in [6, 6.07) is 1.56. The summed E-state index contributed by atoms with van der Waals surface area (Å²) in [6.45, 7) is 7.96. The van der Waals surface area contributed by atoms with Crippen LogP contribution in [-0.2, 0) is 4.74 Å². The Morgan fingerprint density at radius 3 is 2.50 bits per heavy atom. The van der Waals surface area contributed by atoms with E-state index in [4.69, 9.17) is 4.74 Å². The SMILES string of the molecule is CCC1CCCC1NC1CC(NC(=O)OC(C)(C)C)C1. The molecule has 2 aliphatic rings. The second kappa shape index (κ2) is 6.33. The van der Waals surface area contributed by atoms with Gasteiger partial charge in [0.05, 0.1) is 0 Å². The molecule has 20 heavy (non-hydrogen) atoms. The molecule has 0 bridgehead atoms. The molecule has 4 heteroatoms. The van der Waals surface area contributed by atoms with Crippen LogP contribution < -0.4 is 10.6 Å². The molecular weight excluding hydrogens is 252 g/mol. The molecule has 1 amide bonds. The maximum Gasteiger partial charge on any atom is 0.407 e. The predicted molar refractivity (Wildman–Crippen MR) is 80.7 cm³/mol. The molecule has 0 aliphatic heterocycles. The van der Waals surface area contributed by atoms with Crippen LogP contribution in [0, 0.1) is 5.92 Å². The molecule has 2 fully saturated rings. The predicted octanol–water partition coefficient (Wildman–Crippen LogP) is 3.21. The van der Waals surface area contributed by atoms with E-state index in [0.717, 1.165) is 18.8 Å². The van der Waals surface area contributed by atoms with Crippen LogP contribution in [0.15, 0.2) is 0 Å². The fourth-order valence-corrected chi connectivity index (χ4v) is 3.39. The van der Waals surface area contributed by atoms with Crippen LogP contribution in [0.25, 0.3) is 0 Å². The summed E-state index contributed by atoms with van der Waals surface area (Å²) in [5, 5.41) is 6.73. The Morgan fingerprint density at radius 1 is 1.20 bits per heavy atom. The first-order valence-electron chi connectivity index (χ1n) is 8.13. The molecule has 0 spiro atoms. The zero-order valence-electron chi connectivity index (χ0n) is 13.4. The van der Waals surface area contributed by atoms with Crippen molar-refractivity contribution in [2.45, 2.75) is 89.9 Å². The van der Waals surface area contributed by atoms with E-state index in [2.05, 4.69) is 17.6 Å². The van der Waals surface area contributed by atoms with Gasteiger partial charge in [0, 0.05) is 18.1 Å². The minimum Gasteiger partial charge on any atom is -0.444 e. The van der Waals surface area contributed by atoms with Crippen molar-refractivity contribution >= 4 is 6.09 Å². The topological polar surface area (TPSA) is 50.4 Å². The van der Waals surface area contributed by atoms with Crippen LogP contribution in [0.1, 0.15) is 66.2 Å². The zero-order chi connectivity index (χ0) is 14.8. The zero-order valence-corrected chi connectivity index (χ0v) is 13.4. The molecule has 2 unspecified atom stereocenters. The summed E-state index contributed by atoms with van der Waals surface area (Å²) < 4.78 is 5.28. The summed E-state index contributed by atoms with van der Waals surface area (Å²) in [4.78, 5) is 11.7. The third-order valence-electron chi connectivity index (χ3n) is 4.49. The van der Waals surface area contributed by atoms with Crippen LogP contribution in [0.3, 0.4) is 0 Å². The number of ether oxygens (including phenoxy) is 1. The fraction of sp³-hybridized carbons (Fsp3) is 0.938. The second-order valence-corrected chi connectivity index (χ2v) is 7.38. The number of rotatable bonds is 4. The first-order chi connectivity index (χ1) is 9.37. The van der Waals surface area contributed by atoms with Crippen molar-refractivity contribution in [2.75, 3.05) is 0 Å². The molecule has 0 aromatic carbocycles. The molecule has 2 N–H and O–H groups in total. The highest BCUT2D eigenvalue weighted by Gasteiger charge is 2.35.